The van der Waals surface area contributed by atoms with Gasteiger partial charge in [-0.3, -0.25) is 5.10 Å². The fourth-order valence-corrected chi connectivity index (χ4v) is 2.74. The van der Waals surface area contributed by atoms with Crippen molar-refractivity contribution < 1.29 is 4.74 Å². The minimum atomic E-state index is 0.659. The van der Waals surface area contributed by atoms with E-state index in [1.54, 1.807) is 7.11 Å². The molecule has 0 radical (unpaired) electrons. The molecule has 0 unspecified atom stereocenters. The number of rotatable bonds is 3. The number of nitrogens with zero attached hydrogens (tertiary/aromatic N) is 1. The van der Waals surface area contributed by atoms with Crippen molar-refractivity contribution in [2.75, 3.05) is 7.11 Å². The molecule has 4 rings (SSSR count). The lowest BCUT2D eigenvalue weighted by molar-refractivity contribution is 0.421. The van der Waals surface area contributed by atoms with Gasteiger partial charge in [-0.25, -0.2) is 0 Å². The first-order valence-electron chi connectivity index (χ1n) is 6.98. The highest BCUT2D eigenvalue weighted by atomic mass is 16.5. The van der Waals surface area contributed by atoms with Crippen LogP contribution < -0.4 is 4.74 Å². The average Bonchev–Trinajstić information content (AvgIpc) is 3.24. The highest BCUT2D eigenvalue weighted by Crippen LogP contribution is 2.41. The molecule has 3 aromatic rings. The first-order chi connectivity index (χ1) is 9.86. The van der Waals surface area contributed by atoms with Crippen molar-refractivity contribution in [3.05, 3.63) is 48.2 Å². The third-order valence-corrected chi connectivity index (χ3v) is 3.97. The van der Waals surface area contributed by atoms with Gasteiger partial charge in [-0.15, -0.1) is 0 Å². The summed E-state index contributed by atoms with van der Waals surface area (Å²) in [5.74, 6) is 1.57. The number of H-pyrrole nitrogens is 1. The number of benzene rings is 2. The molecule has 0 saturated heterocycles. The van der Waals surface area contributed by atoms with Crippen molar-refractivity contribution >= 4 is 10.8 Å². The van der Waals surface area contributed by atoms with Crippen molar-refractivity contribution in [3.63, 3.8) is 0 Å². The Kier molecular flexibility index (Phi) is 2.52. The minimum Gasteiger partial charge on any atom is -0.495 e. The predicted octanol–water partition coefficient (Wildman–Crippen LogP) is 4.12. The van der Waals surface area contributed by atoms with Gasteiger partial charge < -0.3 is 4.74 Å². The second-order valence-electron chi connectivity index (χ2n) is 5.35. The quantitative estimate of drug-likeness (QED) is 0.772. The van der Waals surface area contributed by atoms with Crippen molar-refractivity contribution in [2.24, 2.45) is 0 Å². The summed E-state index contributed by atoms with van der Waals surface area (Å²) in [7, 11) is 1.73. The van der Waals surface area contributed by atoms with Crippen LogP contribution in [0.2, 0.25) is 0 Å². The lowest BCUT2D eigenvalue weighted by Gasteiger charge is -2.10. The second kappa shape index (κ2) is 4.37. The lowest BCUT2D eigenvalue weighted by atomic mass is 10.0. The molecule has 3 nitrogen and oxygen atoms in total. The first-order valence-corrected chi connectivity index (χ1v) is 6.98. The molecule has 1 saturated carbocycles. The van der Waals surface area contributed by atoms with E-state index in [1.165, 1.54) is 23.9 Å². The van der Waals surface area contributed by atoms with Crippen molar-refractivity contribution in [1.82, 2.24) is 10.2 Å². The maximum atomic E-state index is 5.65. The maximum absolute atomic E-state index is 5.65. The van der Waals surface area contributed by atoms with E-state index >= 15 is 0 Å². The summed E-state index contributed by atoms with van der Waals surface area (Å²) in [4.78, 5) is 0. The van der Waals surface area contributed by atoms with Crippen LogP contribution in [-0.2, 0) is 0 Å². The third-order valence-electron chi connectivity index (χ3n) is 3.97. The Morgan fingerprint density at radius 2 is 2.00 bits per heavy atom. The van der Waals surface area contributed by atoms with Crippen LogP contribution in [-0.4, -0.2) is 17.3 Å². The monoisotopic (exact) mass is 264 g/mol. The van der Waals surface area contributed by atoms with Gasteiger partial charge in [0.2, 0.25) is 0 Å². The molecular weight excluding hydrogens is 248 g/mol. The summed E-state index contributed by atoms with van der Waals surface area (Å²) in [6.07, 6.45) is 2.53. The van der Waals surface area contributed by atoms with E-state index in [1.807, 2.05) is 12.1 Å². The second-order valence-corrected chi connectivity index (χ2v) is 5.35. The lowest BCUT2D eigenvalue weighted by Crippen LogP contribution is -1.90. The van der Waals surface area contributed by atoms with Crippen LogP contribution in [0.4, 0.5) is 0 Å². The van der Waals surface area contributed by atoms with E-state index in [4.69, 9.17) is 4.74 Å². The molecule has 20 heavy (non-hydrogen) atoms. The molecule has 0 aliphatic heterocycles. The van der Waals surface area contributed by atoms with E-state index in [-0.39, 0.29) is 0 Å². The maximum Gasteiger partial charge on any atom is 0.136 e. The predicted molar refractivity (Wildman–Crippen MR) is 80.1 cm³/mol. The zero-order valence-corrected chi connectivity index (χ0v) is 11.4. The van der Waals surface area contributed by atoms with Crippen LogP contribution in [0, 0.1) is 0 Å². The summed E-state index contributed by atoms with van der Waals surface area (Å²) in [6.45, 7) is 0. The molecule has 0 atom stereocenters. The van der Waals surface area contributed by atoms with Gasteiger partial charge in [0, 0.05) is 16.9 Å². The fourth-order valence-electron chi connectivity index (χ4n) is 2.74. The first kappa shape index (κ1) is 11.5. The molecule has 1 N–H and O–H groups in total. The molecule has 100 valence electrons. The molecule has 0 bridgehead atoms. The van der Waals surface area contributed by atoms with Gasteiger partial charge in [0.1, 0.15) is 5.75 Å². The van der Waals surface area contributed by atoms with Crippen LogP contribution in [0.5, 0.6) is 5.75 Å². The van der Waals surface area contributed by atoms with Gasteiger partial charge in [0.25, 0.3) is 0 Å². The van der Waals surface area contributed by atoms with Gasteiger partial charge >= 0.3 is 0 Å². The van der Waals surface area contributed by atoms with Crippen molar-refractivity contribution in [2.45, 2.75) is 18.8 Å². The summed E-state index contributed by atoms with van der Waals surface area (Å²) in [5, 5.41) is 9.91. The SMILES string of the molecule is COc1c(-c2cc(C3CC3)n[nH]2)ccc2ccccc12. The topological polar surface area (TPSA) is 37.9 Å². The molecule has 1 aliphatic carbocycles. The van der Waals surface area contributed by atoms with Gasteiger partial charge in [-0.2, -0.15) is 5.10 Å². The molecule has 3 heteroatoms. The number of fused-ring (bicyclic) bond motifs is 1. The van der Waals surface area contributed by atoms with Gasteiger partial charge in [0.05, 0.1) is 18.5 Å². The van der Waals surface area contributed by atoms with Crippen LogP contribution in [0.3, 0.4) is 0 Å². The number of ether oxygens (including phenoxy) is 1. The minimum absolute atomic E-state index is 0.659. The third kappa shape index (κ3) is 1.78. The van der Waals surface area contributed by atoms with Gasteiger partial charge in [-0.1, -0.05) is 30.3 Å². The Bertz CT molecular complexity index is 772. The summed E-state index contributed by atoms with van der Waals surface area (Å²) in [5.41, 5.74) is 3.29. The average molecular weight is 264 g/mol. The Labute approximate surface area is 117 Å². The smallest absolute Gasteiger partial charge is 0.136 e. The largest absolute Gasteiger partial charge is 0.495 e. The van der Waals surface area contributed by atoms with Crippen molar-refractivity contribution in [1.29, 1.82) is 0 Å². The molecular formula is C17H16N2O. The van der Waals surface area contributed by atoms with Crippen LogP contribution in [0.25, 0.3) is 22.0 Å². The van der Waals surface area contributed by atoms with Crippen LogP contribution in [0.1, 0.15) is 24.5 Å². The zero-order chi connectivity index (χ0) is 13.5. The zero-order valence-electron chi connectivity index (χ0n) is 11.4. The Balaban J connectivity index is 1.89. The Hall–Kier alpha value is -2.29. The van der Waals surface area contributed by atoms with E-state index < -0.39 is 0 Å². The highest BCUT2D eigenvalue weighted by molar-refractivity contribution is 5.94. The van der Waals surface area contributed by atoms with E-state index in [2.05, 4.69) is 40.5 Å². The van der Waals surface area contributed by atoms with E-state index in [0.717, 1.165) is 22.4 Å². The Morgan fingerprint density at radius 3 is 2.80 bits per heavy atom. The molecule has 1 fully saturated rings. The number of nitrogens with one attached hydrogen (secondary N) is 1. The molecule has 1 aliphatic rings. The number of hydrogen-bond acceptors (Lipinski definition) is 2. The number of aromatic nitrogens is 2. The number of hydrogen-bond donors (Lipinski definition) is 1. The Morgan fingerprint density at radius 1 is 1.15 bits per heavy atom. The van der Waals surface area contributed by atoms with E-state index in [9.17, 15) is 0 Å². The number of aromatic amines is 1. The molecule has 2 aromatic carbocycles. The summed E-state index contributed by atoms with van der Waals surface area (Å²) in [6, 6.07) is 14.7. The summed E-state index contributed by atoms with van der Waals surface area (Å²) >= 11 is 0. The highest BCUT2D eigenvalue weighted by Gasteiger charge is 2.26. The fraction of sp³-hybridized carbons (Fsp3) is 0.235. The van der Waals surface area contributed by atoms with E-state index in [0.29, 0.717) is 5.92 Å². The molecule has 0 amide bonds. The summed E-state index contributed by atoms with van der Waals surface area (Å²) < 4.78 is 5.65. The van der Waals surface area contributed by atoms with Gasteiger partial charge in [0.15, 0.2) is 0 Å². The molecule has 0 spiro atoms. The van der Waals surface area contributed by atoms with Gasteiger partial charge in [-0.05, 0) is 30.4 Å². The standard InChI is InChI=1S/C17H16N2O/c1-20-17-13-5-3-2-4-11(13)8-9-14(17)16-10-15(18-19-16)12-6-7-12/h2-5,8-10,12H,6-7H2,1H3,(H,18,19). The molecule has 1 heterocycles. The van der Waals surface area contributed by atoms with Crippen molar-refractivity contribution in [3.8, 4) is 17.0 Å². The number of methoxy groups -OCH3 is 1. The van der Waals surface area contributed by atoms with Crippen LogP contribution in [0.15, 0.2) is 42.5 Å². The molecule has 1 aromatic heterocycles. The normalized spacial score (nSPS) is 14.7. The van der Waals surface area contributed by atoms with Crippen LogP contribution >= 0.6 is 0 Å².